The highest BCUT2D eigenvalue weighted by Crippen LogP contribution is 2.42. The van der Waals surface area contributed by atoms with Crippen molar-refractivity contribution in [2.45, 2.75) is 29.8 Å². The number of rotatable bonds is 6. The minimum absolute atomic E-state index is 0.0320. The van der Waals surface area contributed by atoms with Gasteiger partial charge in [0.2, 0.25) is 34.8 Å². The first-order valence-corrected chi connectivity index (χ1v) is 12.2. The second-order valence-electron chi connectivity index (χ2n) is 8.18. The summed E-state index contributed by atoms with van der Waals surface area (Å²) in [5, 5.41) is 0. The van der Waals surface area contributed by atoms with Crippen LogP contribution in [0.5, 0.6) is 11.5 Å². The van der Waals surface area contributed by atoms with E-state index in [0.29, 0.717) is 11.1 Å². The lowest BCUT2D eigenvalue weighted by molar-refractivity contribution is -0.137. The molecular formula is C24H15F9O4S. The van der Waals surface area contributed by atoms with E-state index in [-0.39, 0.29) is 30.8 Å². The van der Waals surface area contributed by atoms with Crippen LogP contribution in [0.4, 0.5) is 39.5 Å². The molecule has 204 valence electrons. The van der Waals surface area contributed by atoms with Gasteiger partial charge in [0.25, 0.3) is 0 Å². The predicted molar refractivity (Wildman–Crippen MR) is 114 cm³/mol. The van der Waals surface area contributed by atoms with Crippen molar-refractivity contribution in [1.29, 1.82) is 0 Å². The molecule has 1 atom stereocenters. The topological polar surface area (TPSA) is 52.6 Å². The molecule has 0 bridgehead atoms. The molecule has 0 saturated carbocycles. The molecule has 4 rings (SSSR count). The molecule has 0 spiro atoms. The molecule has 4 nitrogen and oxygen atoms in total. The SMILES string of the molecule is O=S(=O)(Oc1c(F)c(F)c(F)c(F)c1F)c1ccc2c(c1)OCC[C@@H]2c1ccc(C(F)(F)F)cc1CCF. The standard InChI is InChI=1S/C24H15F9O4S/c25-7-5-11-9-12(24(31,32)33)1-3-14(11)15-6-8-36-17-10-13(2-4-16(15)17)38(34,35)37-23-21(29)19(27)18(26)20(28)22(23)30/h1-4,9-10,15H,5-8H2/t15-/m1/s1. The molecule has 0 aliphatic carbocycles. The van der Waals surface area contributed by atoms with Gasteiger partial charge in [-0.1, -0.05) is 12.1 Å². The van der Waals surface area contributed by atoms with Crippen LogP contribution in [0.15, 0.2) is 41.3 Å². The average molecular weight is 570 g/mol. The lowest BCUT2D eigenvalue weighted by atomic mass is 9.83. The minimum atomic E-state index is -5.15. The summed E-state index contributed by atoms with van der Waals surface area (Å²) in [7, 11) is -5.15. The highest BCUT2D eigenvalue weighted by molar-refractivity contribution is 7.87. The summed E-state index contributed by atoms with van der Waals surface area (Å²) in [6, 6.07) is 5.85. The fraction of sp³-hybridized carbons (Fsp3) is 0.250. The minimum Gasteiger partial charge on any atom is -0.493 e. The van der Waals surface area contributed by atoms with Crippen LogP contribution in [0.2, 0.25) is 0 Å². The number of hydrogen-bond acceptors (Lipinski definition) is 4. The Balaban J connectivity index is 1.72. The highest BCUT2D eigenvalue weighted by atomic mass is 32.2. The van der Waals surface area contributed by atoms with Gasteiger partial charge in [-0.05, 0) is 35.7 Å². The van der Waals surface area contributed by atoms with E-state index < -0.39 is 74.2 Å². The van der Waals surface area contributed by atoms with Gasteiger partial charge in [-0.25, -0.2) is 13.2 Å². The maximum Gasteiger partial charge on any atom is 0.416 e. The summed E-state index contributed by atoms with van der Waals surface area (Å²) in [5.41, 5.74) is -0.213. The van der Waals surface area contributed by atoms with E-state index >= 15 is 0 Å². The van der Waals surface area contributed by atoms with E-state index in [1.807, 2.05) is 0 Å². The van der Waals surface area contributed by atoms with Gasteiger partial charge in [-0.2, -0.15) is 30.4 Å². The molecule has 14 heteroatoms. The first-order valence-electron chi connectivity index (χ1n) is 10.7. The van der Waals surface area contributed by atoms with Gasteiger partial charge in [0.1, 0.15) is 10.6 Å². The summed E-state index contributed by atoms with van der Waals surface area (Å²) in [6.07, 6.45) is -4.73. The van der Waals surface area contributed by atoms with E-state index in [1.54, 1.807) is 0 Å². The summed E-state index contributed by atoms with van der Waals surface area (Å²) in [4.78, 5) is -0.766. The number of benzene rings is 3. The van der Waals surface area contributed by atoms with Crippen molar-refractivity contribution < 1.29 is 56.9 Å². The Morgan fingerprint density at radius 1 is 0.868 bits per heavy atom. The van der Waals surface area contributed by atoms with Crippen LogP contribution in [0.3, 0.4) is 0 Å². The molecule has 38 heavy (non-hydrogen) atoms. The predicted octanol–water partition coefficient (Wildman–Crippen LogP) is 6.60. The molecule has 0 aromatic heterocycles. The van der Waals surface area contributed by atoms with Crippen molar-refractivity contribution >= 4 is 10.1 Å². The zero-order valence-electron chi connectivity index (χ0n) is 18.8. The van der Waals surface area contributed by atoms with Crippen LogP contribution in [0, 0.1) is 29.1 Å². The van der Waals surface area contributed by atoms with Crippen LogP contribution < -0.4 is 8.92 Å². The van der Waals surface area contributed by atoms with Gasteiger partial charge in [0.05, 0.1) is 18.8 Å². The lowest BCUT2D eigenvalue weighted by Gasteiger charge is -2.28. The average Bonchev–Trinajstić information content (AvgIpc) is 2.88. The fourth-order valence-electron chi connectivity index (χ4n) is 4.10. The molecule has 0 saturated heterocycles. The van der Waals surface area contributed by atoms with Crippen molar-refractivity contribution in [2.75, 3.05) is 13.3 Å². The Labute approximate surface area is 209 Å². The second kappa shape index (κ2) is 10.0. The maximum atomic E-state index is 13.9. The van der Waals surface area contributed by atoms with Gasteiger partial charge in [-0.3, -0.25) is 4.39 Å². The molecule has 3 aromatic carbocycles. The van der Waals surface area contributed by atoms with Crippen LogP contribution >= 0.6 is 0 Å². The van der Waals surface area contributed by atoms with Crippen molar-refractivity contribution in [1.82, 2.24) is 0 Å². The first-order chi connectivity index (χ1) is 17.8. The van der Waals surface area contributed by atoms with Gasteiger partial charge < -0.3 is 8.92 Å². The summed E-state index contributed by atoms with van der Waals surface area (Å²) < 4.78 is 156. The third-order valence-electron chi connectivity index (χ3n) is 5.89. The van der Waals surface area contributed by atoms with Crippen LogP contribution in [-0.2, 0) is 22.7 Å². The Hall–Kier alpha value is -3.42. The molecule has 0 amide bonds. The zero-order chi connectivity index (χ0) is 28.0. The van der Waals surface area contributed by atoms with E-state index in [9.17, 15) is 47.9 Å². The van der Waals surface area contributed by atoms with Gasteiger partial charge >= 0.3 is 16.3 Å². The summed E-state index contributed by atoms with van der Waals surface area (Å²) in [5.74, 6) is -15.1. The largest absolute Gasteiger partial charge is 0.493 e. The Morgan fingerprint density at radius 2 is 1.47 bits per heavy atom. The maximum absolute atomic E-state index is 13.9. The molecule has 1 heterocycles. The van der Waals surface area contributed by atoms with Gasteiger partial charge in [0.15, 0.2) is 0 Å². The summed E-state index contributed by atoms with van der Waals surface area (Å²) in [6.45, 7) is -0.966. The zero-order valence-corrected chi connectivity index (χ0v) is 19.6. The molecule has 0 radical (unpaired) electrons. The molecule has 3 aromatic rings. The Morgan fingerprint density at radius 3 is 2.08 bits per heavy atom. The van der Waals surface area contributed by atoms with Gasteiger partial charge in [0, 0.05) is 24.0 Å². The third-order valence-corrected chi connectivity index (χ3v) is 7.10. The van der Waals surface area contributed by atoms with Crippen molar-refractivity contribution in [3.8, 4) is 11.5 Å². The molecule has 0 unspecified atom stereocenters. The van der Waals surface area contributed by atoms with E-state index in [2.05, 4.69) is 4.18 Å². The van der Waals surface area contributed by atoms with E-state index in [4.69, 9.17) is 4.74 Å². The van der Waals surface area contributed by atoms with Crippen molar-refractivity contribution in [3.05, 3.63) is 87.7 Å². The van der Waals surface area contributed by atoms with E-state index in [0.717, 1.165) is 24.3 Å². The number of halogens is 9. The van der Waals surface area contributed by atoms with Crippen LogP contribution in [0.1, 0.15) is 34.6 Å². The van der Waals surface area contributed by atoms with Gasteiger partial charge in [-0.15, -0.1) is 0 Å². The number of fused-ring (bicyclic) bond motifs is 1. The number of aryl methyl sites for hydroxylation is 1. The van der Waals surface area contributed by atoms with Crippen molar-refractivity contribution in [2.24, 2.45) is 0 Å². The van der Waals surface area contributed by atoms with Crippen molar-refractivity contribution in [3.63, 3.8) is 0 Å². The Bertz CT molecular complexity index is 1470. The second-order valence-corrected chi connectivity index (χ2v) is 9.72. The Kier molecular flexibility index (Phi) is 7.30. The number of alkyl halides is 4. The molecule has 0 fully saturated rings. The summed E-state index contributed by atoms with van der Waals surface area (Å²) >= 11 is 0. The fourth-order valence-corrected chi connectivity index (χ4v) is 5.05. The quantitative estimate of drug-likeness (QED) is 0.145. The first kappa shape index (κ1) is 27.6. The number of hydrogen-bond donors (Lipinski definition) is 0. The monoisotopic (exact) mass is 570 g/mol. The highest BCUT2D eigenvalue weighted by Gasteiger charge is 2.34. The molecule has 1 aliphatic rings. The van der Waals surface area contributed by atoms with Crippen LogP contribution in [-0.4, -0.2) is 21.7 Å². The molecular weight excluding hydrogens is 555 g/mol. The normalized spacial score (nSPS) is 15.7. The molecule has 1 aliphatic heterocycles. The van der Waals surface area contributed by atoms with E-state index in [1.165, 1.54) is 12.1 Å². The van der Waals surface area contributed by atoms with Crippen LogP contribution in [0.25, 0.3) is 0 Å². The molecule has 0 N–H and O–H groups in total. The third kappa shape index (κ3) is 5.00. The lowest BCUT2D eigenvalue weighted by Crippen LogP contribution is -2.19. The number of ether oxygens (including phenoxy) is 1. The smallest absolute Gasteiger partial charge is 0.416 e.